The molecule has 0 unspecified atom stereocenters. The monoisotopic (exact) mass is 1180 g/mol. The first kappa shape index (κ1) is 44.4. The molecule has 2 nitrogen and oxygen atoms in total. The molecule has 298 valence electrons. The van der Waals surface area contributed by atoms with E-state index in [2.05, 4.69) is 133 Å². The molecular weight excluding hydrogens is 1140 g/mol. The zero-order valence-electron chi connectivity index (χ0n) is 32.5. The van der Waals surface area contributed by atoms with Gasteiger partial charge in [0.25, 0.3) is 0 Å². The second-order valence-corrected chi connectivity index (χ2v) is 18.9. The fourth-order valence-electron chi connectivity index (χ4n) is 7.48. The fraction of sp³-hybridized carbons (Fsp3) is 0.0370. The first-order chi connectivity index (χ1) is 28.7. The van der Waals surface area contributed by atoms with Gasteiger partial charge in [-0.1, -0.05) is 121 Å². The van der Waals surface area contributed by atoms with E-state index >= 15 is 0 Å². The molecule has 0 fully saturated rings. The number of hydrogen-bond donors (Lipinski definition) is 0. The Morgan fingerprint density at radius 3 is 0.933 bits per heavy atom. The summed E-state index contributed by atoms with van der Waals surface area (Å²) in [7, 11) is -1.57. The van der Waals surface area contributed by atoms with Gasteiger partial charge in [0.1, 0.15) is 34.7 Å². The molecule has 0 atom stereocenters. The van der Waals surface area contributed by atoms with Crippen molar-refractivity contribution in [1.29, 1.82) is 0 Å². The van der Waals surface area contributed by atoms with Gasteiger partial charge in [-0.3, -0.25) is 11.8 Å². The van der Waals surface area contributed by atoms with Crippen LogP contribution >= 0.6 is 15.8 Å². The third-order valence-electron chi connectivity index (χ3n) is 10.2. The summed E-state index contributed by atoms with van der Waals surface area (Å²) in [5.41, 5.74) is 4.89. The Morgan fingerprint density at radius 1 is 0.333 bits per heavy atom. The van der Waals surface area contributed by atoms with Crippen molar-refractivity contribution < 1.29 is 53.6 Å². The molecule has 0 spiro atoms. The summed E-state index contributed by atoms with van der Waals surface area (Å²) in [5, 5.41) is 10.1. The van der Waals surface area contributed by atoms with Crippen LogP contribution in [0.25, 0.3) is 43.9 Å². The maximum absolute atomic E-state index is 7.25. The quantitative estimate of drug-likeness (QED) is 0.0688. The van der Waals surface area contributed by atoms with E-state index in [4.69, 9.17) is 21.7 Å². The summed E-state index contributed by atoms with van der Waals surface area (Å²) < 4.78 is 11.3. The molecular formula is C54H40Au2O2P2+2. The standard InChI is InChI=1S/C26H24P2.2C14H7O.2Au/c1-5-13-23(14-6-1)27(24-15-7-2-8-16-24)21-22-28(25-17-9-3-10-18-25)26-19-11-4-12-20-26;2*1-2-10-6-5-9-13-14(10)11-7-3-4-8-12(11)15-13;;/h1-20H,21-22H2;2*3-9H;;/q;2*-1;2*+1/p+2. The van der Waals surface area contributed by atoms with Crippen molar-refractivity contribution in [2.75, 3.05) is 12.3 Å². The minimum atomic E-state index is -0.783. The van der Waals surface area contributed by atoms with E-state index in [1.807, 2.05) is 84.9 Å². The Bertz CT molecular complexity index is 2700. The summed E-state index contributed by atoms with van der Waals surface area (Å²) >= 11 is 0. The molecule has 2 aromatic heterocycles. The van der Waals surface area contributed by atoms with Crippen LogP contribution in [0.4, 0.5) is 0 Å². The zero-order valence-corrected chi connectivity index (χ0v) is 38.8. The first-order valence-corrected chi connectivity index (χ1v) is 22.7. The van der Waals surface area contributed by atoms with Crippen LogP contribution in [0, 0.1) is 24.7 Å². The van der Waals surface area contributed by atoms with E-state index in [-0.39, 0.29) is 44.8 Å². The molecule has 0 saturated carbocycles. The van der Waals surface area contributed by atoms with Crippen LogP contribution in [0.2, 0.25) is 0 Å². The van der Waals surface area contributed by atoms with E-state index < -0.39 is 15.8 Å². The van der Waals surface area contributed by atoms with Crippen molar-refractivity contribution >= 4 is 80.9 Å². The summed E-state index contributed by atoms with van der Waals surface area (Å²) in [6.45, 7) is 0. The largest absolute Gasteiger partial charge is 1.00 e. The molecule has 0 amide bonds. The number of fused-ring (bicyclic) bond motifs is 6. The maximum atomic E-state index is 7.25. The molecule has 10 rings (SSSR count). The summed E-state index contributed by atoms with van der Waals surface area (Å²) in [5.74, 6) is 4.88. The topological polar surface area (TPSA) is 26.3 Å². The zero-order chi connectivity index (χ0) is 39.5. The Hall–Kier alpha value is -5.18. The van der Waals surface area contributed by atoms with Crippen molar-refractivity contribution in [1.82, 2.24) is 0 Å². The van der Waals surface area contributed by atoms with Crippen LogP contribution in [0.5, 0.6) is 0 Å². The van der Waals surface area contributed by atoms with Crippen molar-refractivity contribution in [3.8, 4) is 11.8 Å². The third-order valence-corrected chi connectivity index (χ3v) is 16.3. The fourth-order valence-corrected chi connectivity index (χ4v) is 13.7. The predicted octanol–water partition coefficient (Wildman–Crippen LogP) is 11.8. The average molecular weight is 1180 g/mol. The number of benzene rings is 8. The average Bonchev–Trinajstić information content (AvgIpc) is 3.88. The molecule has 10 aromatic rings. The Kier molecular flexibility index (Phi) is 16.2. The summed E-state index contributed by atoms with van der Waals surface area (Å²) in [6, 6.07) is 71.5. The van der Waals surface area contributed by atoms with Crippen LogP contribution in [-0.2, 0) is 44.8 Å². The van der Waals surface area contributed by atoms with Gasteiger partial charge in [-0.05, 0) is 83.6 Å². The van der Waals surface area contributed by atoms with Crippen LogP contribution in [0.1, 0.15) is 11.1 Å². The van der Waals surface area contributed by atoms with Crippen LogP contribution < -0.4 is 21.2 Å². The van der Waals surface area contributed by atoms with Crippen LogP contribution in [-0.4, -0.2) is 12.3 Å². The second-order valence-electron chi connectivity index (χ2n) is 13.7. The smallest absolute Gasteiger partial charge is 0.458 e. The minimum Gasteiger partial charge on any atom is -0.458 e. The Labute approximate surface area is 385 Å². The first-order valence-electron chi connectivity index (χ1n) is 19.3. The number of furan rings is 2. The van der Waals surface area contributed by atoms with Crippen LogP contribution in [0.15, 0.2) is 215 Å². The maximum Gasteiger partial charge on any atom is 1.00 e. The van der Waals surface area contributed by atoms with E-state index in [0.29, 0.717) is 0 Å². The van der Waals surface area contributed by atoms with E-state index in [1.54, 1.807) is 0 Å². The van der Waals surface area contributed by atoms with Gasteiger partial charge in [0.15, 0.2) is 0 Å². The van der Waals surface area contributed by atoms with Gasteiger partial charge in [0.2, 0.25) is 0 Å². The molecule has 0 radical (unpaired) electrons. The molecule has 0 aliphatic heterocycles. The van der Waals surface area contributed by atoms with Crippen molar-refractivity contribution in [3.63, 3.8) is 0 Å². The molecule has 2 heterocycles. The van der Waals surface area contributed by atoms with E-state index in [0.717, 1.165) is 55.0 Å². The van der Waals surface area contributed by atoms with Gasteiger partial charge in [-0.25, -0.2) is 0 Å². The van der Waals surface area contributed by atoms with Crippen molar-refractivity contribution in [2.24, 2.45) is 0 Å². The van der Waals surface area contributed by atoms with Crippen LogP contribution in [0.3, 0.4) is 0 Å². The minimum absolute atomic E-state index is 0. The molecule has 60 heavy (non-hydrogen) atoms. The molecule has 8 aromatic carbocycles. The van der Waals surface area contributed by atoms with E-state index in [9.17, 15) is 0 Å². The van der Waals surface area contributed by atoms with Gasteiger partial charge < -0.3 is 21.7 Å². The molecule has 0 saturated heterocycles. The Balaban J connectivity index is 0.000000160. The molecule has 6 heteroatoms. The molecule has 0 aliphatic carbocycles. The number of para-hydroxylation sites is 2. The Morgan fingerprint density at radius 2 is 0.617 bits per heavy atom. The van der Waals surface area contributed by atoms with Crippen molar-refractivity contribution in [3.05, 3.63) is 230 Å². The van der Waals surface area contributed by atoms with Gasteiger partial charge in [0, 0.05) is 10.8 Å². The van der Waals surface area contributed by atoms with Gasteiger partial charge >= 0.3 is 44.8 Å². The normalized spacial score (nSPS) is 10.5. The predicted molar refractivity (Wildman–Crippen MR) is 251 cm³/mol. The van der Waals surface area contributed by atoms with Gasteiger partial charge in [0.05, 0.1) is 37.1 Å². The summed E-state index contributed by atoms with van der Waals surface area (Å²) in [6.07, 6.45) is 17.0. The second kappa shape index (κ2) is 21.9. The molecule has 0 N–H and O–H groups in total. The summed E-state index contributed by atoms with van der Waals surface area (Å²) in [4.78, 5) is 0. The SMILES string of the molecule is [Au+].[Au+].[C-]#Cc1cccc2oc3ccccc3c12.[C-]#Cc1cccc2oc3ccccc3c12.c1ccc([PH+](CC[PH+](c2ccccc2)c2ccccc2)c2ccccc2)cc1. The molecule has 0 bridgehead atoms. The number of hydrogen-bond acceptors (Lipinski definition) is 2. The van der Waals surface area contributed by atoms with Gasteiger partial charge in [-0.2, -0.15) is 0 Å². The van der Waals surface area contributed by atoms with Gasteiger partial charge in [-0.15, -0.1) is 23.3 Å². The third kappa shape index (κ3) is 10.2. The van der Waals surface area contributed by atoms with E-state index in [1.165, 1.54) is 33.5 Å². The number of rotatable bonds is 7. The van der Waals surface area contributed by atoms with Crippen molar-refractivity contribution in [2.45, 2.75) is 0 Å². The molecule has 0 aliphatic rings.